The molecule has 1 atom stereocenters. The van der Waals surface area contributed by atoms with Crippen molar-refractivity contribution in [1.29, 1.82) is 0 Å². The summed E-state index contributed by atoms with van der Waals surface area (Å²) < 4.78 is 0. The molecule has 0 unspecified atom stereocenters. The Bertz CT molecular complexity index is 312. The van der Waals surface area contributed by atoms with Gasteiger partial charge in [-0.2, -0.15) is 0 Å². The molecule has 2 N–H and O–H groups in total. The van der Waals surface area contributed by atoms with E-state index in [0.717, 1.165) is 5.56 Å². The summed E-state index contributed by atoms with van der Waals surface area (Å²) in [5.74, 6) is -0.293. The molecular weight excluding hydrogens is 168 g/mol. The molecule has 0 fully saturated rings. The van der Waals surface area contributed by atoms with Crippen molar-refractivity contribution >= 4 is 11.8 Å². The van der Waals surface area contributed by atoms with Gasteiger partial charge in [-0.15, -0.1) is 0 Å². The van der Waals surface area contributed by atoms with E-state index in [4.69, 9.17) is 5.11 Å². The number of pyridine rings is 1. The highest BCUT2D eigenvalue weighted by Gasteiger charge is 2.09. The van der Waals surface area contributed by atoms with Crippen molar-refractivity contribution in [3.63, 3.8) is 0 Å². The van der Waals surface area contributed by atoms with Gasteiger partial charge in [0.25, 0.3) is 0 Å². The monoisotopic (exact) mass is 180 g/mol. The molecule has 0 aromatic carbocycles. The van der Waals surface area contributed by atoms with E-state index in [9.17, 15) is 4.79 Å². The lowest BCUT2D eigenvalue weighted by molar-refractivity contribution is -0.137. The Hall–Kier alpha value is -1.58. The van der Waals surface area contributed by atoms with Crippen molar-refractivity contribution in [3.8, 4) is 0 Å². The van der Waals surface area contributed by atoms with E-state index in [1.807, 2.05) is 13.0 Å². The second kappa shape index (κ2) is 3.89. The maximum absolute atomic E-state index is 10.5. The largest absolute Gasteiger partial charge is 0.480 e. The van der Waals surface area contributed by atoms with Crippen molar-refractivity contribution in [2.24, 2.45) is 0 Å². The molecule has 1 aromatic heterocycles. The molecule has 0 saturated heterocycles. The van der Waals surface area contributed by atoms with Gasteiger partial charge in [-0.1, -0.05) is 0 Å². The van der Waals surface area contributed by atoms with Gasteiger partial charge in [-0.3, -0.25) is 4.79 Å². The van der Waals surface area contributed by atoms with E-state index in [-0.39, 0.29) is 0 Å². The third-order valence-corrected chi connectivity index (χ3v) is 1.65. The Morgan fingerprint density at radius 1 is 1.69 bits per heavy atom. The average Bonchev–Trinajstić information content (AvgIpc) is 2.04. The molecule has 0 aliphatic heterocycles. The molecule has 0 aliphatic rings. The first-order chi connectivity index (χ1) is 6.09. The molecule has 4 nitrogen and oxygen atoms in total. The molecule has 70 valence electrons. The molecule has 13 heavy (non-hydrogen) atoms. The lowest BCUT2D eigenvalue weighted by Crippen LogP contribution is -2.25. The Labute approximate surface area is 76.6 Å². The number of carboxylic acids is 1. The molecule has 4 heteroatoms. The van der Waals surface area contributed by atoms with Gasteiger partial charge in [0.1, 0.15) is 11.9 Å². The van der Waals surface area contributed by atoms with Gasteiger partial charge in [0.05, 0.1) is 0 Å². The highest BCUT2D eigenvalue weighted by molar-refractivity contribution is 5.76. The minimum Gasteiger partial charge on any atom is -0.480 e. The number of hydrogen-bond donors (Lipinski definition) is 2. The summed E-state index contributed by atoms with van der Waals surface area (Å²) >= 11 is 0. The number of aliphatic carboxylic acids is 1. The van der Waals surface area contributed by atoms with Crippen LogP contribution in [0.2, 0.25) is 0 Å². The van der Waals surface area contributed by atoms with Crippen LogP contribution in [0.4, 0.5) is 5.82 Å². The molecule has 0 aliphatic carbocycles. The summed E-state index contributed by atoms with van der Waals surface area (Å²) in [6.07, 6.45) is 1.65. The van der Waals surface area contributed by atoms with Crippen LogP contribution in [0.3, 0.4) is 0 Å². The van der Waals surface area contributed by atoms with E-state index in [2.05, 4.69) is 10.3 Å². The summed E-state index contributed by atoms with van der Waals surface area (Å²) in [7, 11) is 0. The van der Waals surface area contributed by atoms with Gasteiger partial charge in [-0.05, 0) is 31.5 Å². The number of aryl methyl sites for hydroxylation is 1. The zero-order chi connectivity index (χ0) is 9.84. The highest BCUT2D eigenvalue weighted by atomic mass is 16.4. The molecule has 0 spiro atoms. The number of nitrogens with one attached hydrogen (secondary N) is 1. The first-order valence-corrected chi connectivity index (χ1v) is 4.01. The molecule has 1 heterocycles. The maximum Gasteiger partial charge on any atom is 0.325 e. The molecule has 0 radical (unpaired) electrons. The van der Waals surface area contributed by atoms with E-state index < -0.39 is 12.0 Å². The normalized spacial score (nSPS) is 12.2. The van der Waals surface area contributed by atoms with Crippen LogP contribution in [-0.4, -0.2) is 22.1 Å². The van der Waals surface area contributed by atoms with Gasteiger partial charge in [0.2, 0.25) is 0 Å². The lowest BCUT2D eigenvalue weighted by atomic mass is 10.3. The van der Waals surface area contributed by atoms with Gasteiger partial charge in [0.15, 0.2) is 0 Å². The summed E-state index contributed by atoms with van der Waals surface area (Å²) in [5.41, 5.74) is 1.05. The summed E-state index contributed by atoms with van der Waals surface area (Å²) in [5, 5.41) is 11.4. The van der Waals surface area contributed by atoms with Crippen LogP contribution in [0.5, 0.6) is 0 Å². The van der Waals surface area contributed by atoms with Crippen LogP contribution in [0, 0.1) is 6.92 Å². The Balaban J connectivity index is 2.69. The van der Waals surface area contributed by atoms with Crippen LogP contribution < -0.4 is 5.32 Å². The fraction of sp³-hybridized carbons (Fsp3) is 0.333. The quantitative estimate of drug-likeness (QED) is 0.735. The van der Waals surface area contributed by atoms with E-state index >= 15 is 0 Å². The van der Waals surface area contributed by atoms with E-state index in [1.165, 1.54) is 0 Å². The zero-order valence-electron chi connectivity index (χ0n) is 7.61. The molecule has 1 aromatic rings. The smallest absolute Gasteiger partial charge is 0.325 e. The van der Waals surface area contributed by atoms with Gasteiger partial charge in [-0.25, -0.2) is 4.98 Å². The van der Waals surface area contributed by atoms with Crippen LogP contribution in [-0.2, 0) is 4.79 Å². The number of hydrogen-bond acceptors (Lipinski definition) is 3. The van der Waals surface area contributed by atoms with Crippen LogP contribution in [0.25, 0.3) is 0 Å². The second-order valence-corrected chi connectivity index (χ2v) is 2.92. The standard InChI is InChI=1S/C9H12N2O2/c1-6-3-4-10-8(5-6)11-7(2)9(12)13/h3-5,7H,1-2H3,(H,10,11)(H,12,13)/t7-/m0/s1. The first-order valence-electron chi connectivity index (χ1n) is 4.01. The first kappa shape index (κ1) is 9.51. The summed E-state index contributed by atoms with van der Waals surface area (Å²) in [4.78, 5) is 14.5. The third kappa shape index (κ3) is 2.74. The van der Waals surface area contributed by atoms with Gasteiger partial charge < -0.3 is 10.4 Å². The van der Waals surface area contributed by atoms with Gasteiger partial charge >= 0.3 is 5.97 Å². The highest BCUT2D eigenvalue weighted by Crippen LogP contribution is 2.06. The molecular formula is C9H12N2O2. The number of nitrogens with zero attached hydrogens (tertiary/aromatic N) is 1. The van der Waals surface area contributed by atoms with Crippen molar-refractivity contribution in [2.45, 2.75) is 19.9 Å². The second-order valence-electron chi connectivity index (χ2n) is 2.92. The predicted molar refractivity (Wildman–Crippen MR) is 49.7 cm³/mol. The minimum atomic E-state index is -0.886. The van der Waals surface area contributed by atoms with E-state index in [1.54, 1.807) is 19.2 Å². The Kier molecular flexibility index (Phi) is 2.84. The molecule has 0 bridgehead atoms. The SMILES string of the molecule is Cc1ccnc(N[C@@H](C)C(=O)O)c1. The summed E-state index contributed by atoms with van der Waals surface area (Å²) in [6.45, 7) is 3.50. The van der Waals surface area contributed by atoms with Crippen molar-refractivity contribution in [1.82, 2.24) is 4.98 Å². The number of rotatable bonds is 3. The third-order valence-electron chi connectivity index (χ3n) is 1.65. The number of aromatic nitrogens is 1. The van der Waals surface area contributed by atoms with Crippen LogP contribution in [0.1, 0.15) is 12.5 Å². The fourth-order valence-corrected chi connectivity index (χ4v) is 0.899. The number of carboxylic acid groups (broad SMARTS) is 1. The fourth-order valence-electron chi connectivity index (χ4n) is 0.899. The van der Waals surface area contributed by atoms with Crippen molar-refractivity contribution in [2.75, 3.05) is 5.32 Å². The Morgan fingerprint density at radius 2 is 2.38 bits per heavy atom. The number of carbonyl (C=O) groups is 1. The van der Waals surface area contributed by atoms with Gasteiger partial charge in [0, 0.05) is 6.20 Å². The number of anilines is 1. The zero-order valence-corrected chi connectivity index (χ0v) is 7.61. The lowest BCUT2D eigenvalue weighted by Gasteiger charge is -2.09. The van der Waals surface area contributed by atoms with Crippen molar-refractivity contribution < 1.29 is 9.90 Å². The minimum absolute atomic E-state index is 0.593. The van der Waals surface area contributed by atoms with Crippen molar-refractivity contribution in [3.05, 3.63) is 23.9 Å². The molecule has 0 saturated carbocycles. The molecule has 1 rings (SSSR count). The van der Waals surface area contributed by atoms with Crippen LogP contribution in [0.15, 0.2) is 18.3 Å². The Morgan fingerprint density at radius 3 is 2.92 bits per heavy atom. The molecule has 0 amide bonds. The summed E-state index contributed by atoms with van der Waals surface area (Å²) in [6, 6.07) is 3.05. The van der Waals surface area contributed by atoms with E-state index in [0.29, 0.717) is 5.82 Å². The van der Waals surface area contributed by atoms with Crippen LogP contribution >= 0.6 is 0 Å². The maximum atomic E-state index is 10.5. The average molecular weight is 180 g/mol. The predicted octanol–water partition coefficient (Wildman–Crippen LogP) is 1.28. The topological polar surface area (TPSA) is 62.2 Å².